The highest BCUT2D eigenvalue weighted by molar-refractivity contribution is 6.31. The predicted molar refractivity (Wildman–Crippen MR) is 63.5 cm³/mol. The molecule has 82 valence electrons. The molecule has 0 amide bonds. The molecule has 0 bridgehead atoms. The fourth-order valence-corrected chi connectivity index (χ4v) is 1.62. The Hall–Kier alpha value is -1.61. The van der Waals surface area contributed by atoms with Crippen LogP contribution in [0.2, 0.25) is 5.02 Å². The predicted octanol–water partition coefficient (Wildman–Crippen LogP) is 2.71. The van der Waals surface area contributed by atoms with Crippen LogP contribution in [0, 0.1) is 6.92 Å². The van der Waals surface area contributed by atoms with E-state index >= 15 is 0 Å². The lowest BCUT2D eigenvalue weighted by Crippen LogP contribution is -1.93. The first-order valence-corrected chi connectivity index (χ1v) is 5.30. The zero-order chi connectivity index (χ0) is 11.5. The average Bonchev–Trinajstić information content (AvgIpc) is 2.71. The van der Waals surface area contributed by atoms with Gasteiger partial charge in [0, 0.05) is 16.8 Å². The molecule has 0 unspecified atom stereocenters. The molecular weight excluding hydrogens is 224 g/mol. The van der Waals surface area contributed by atoms with Crippen molar-refractivity contribution in [2.45, 2.75) is 13.5 Å². The Morgan fingerprint density at radius 2 is 2.31 bits per heavy atom. The highest BCUT2D eigenvalue weighted by Crippen LogP contribution is 2.23. The van der Waals surface area contributed by atoms with Crippen LogP contribution in [0.1, 0.15) is 5.56 Å². The molecule has 0 aliphatic carbocycles. The molecule has 0 fully saturated rings. The van der Waals surface area contributed by atoms with E-state index in [1.165, 1.54) is 0 Å². The number of rotatable bonds is 3. The van der Waals surface area contributed by atoms with Crippen LogP contribution >= 0.6 is 11.6 Å². The maximum Gasteiger partial charge on any atom is 0.139 e. The van der Waals surface area contributed by atoms with E-state index in [4.69, 9.17) is 11.6 Å². The first-order chi connectivity index (χ1) is 7.70. The molecule has 4 heteroatoms. The minimum Gasteiger partial charge on any atom is -0.330 e. The molecule has 0 aliphatic heterocycles. The van der Waals surface area contributed by atoms with Gasteiger partial charge < -0.3 is 9.36 Å². The van der Waals surface area contributed by atoms with Crippen molar-refractivity contribution < 1.29 is 4.79 Å². The highest BCUT2D eigenvalue weighted by atomic mass is 35.5. The number of imidazole rings is 1. The number of nitrogens with zero attached hydrogens (tertiary/aromatic N) is 2. The largest absolute Gasteiger partial charge is 0.330 e. The Kier molecular flexibility index (Phi) is 3.06. The van der Waals surface area contributed by atoms with Crippen molar-refractivity contribution in [2.75, 3.05) is 0 Å². The quantitative estimate of drug-likeness (QED) is 0.766. The van der Waals surface area contributed by atoms with Crippen LogP contribution < -0.4 is 0 Å². The van der Waals surface area contributed by atoms with Gasteiger partial charge >= 0.3 is 0 Å². The molecule has 1 heterocycles. The Labute approximate surface area is 98.7 Å². The van der Waals surface area contributed by atoms with E-state index in [9.17, 15) is 4.79 Å². The molecule has 0 spiro atoms. The summed E-state index contributed by atoms with van der Waals surface area (Å²) < 4.78 is 1.74. The van der Waals surface area contributed by atoms with Crippen molar-refractivity contribution in [2.24, 2.45) is 0 Å². The number of hydrogen-bond donors (Lipinski definition) is 0. The molecular formula is C12H11ClN2O. The SMILES string of the molecule is Cc1cc(-c2cn(CC=O)cn2)ccc1Cl. The third kappa shape index (κ3) is 2.14. The van der Waals surface area contributed by atoms with Gasteiger partial charge in [0.1, 0.15) is 6.29 Å². The molecule has 0 saturated carbocycles. The van der Waals surface area contributed by atoms with Gasteiger partial charge in [0.2, 0.25) is 0 Å². The molecule has 0 N–H and O–H groups in total. The summed E-state index contributed by atoms with van der Waals surface area (Å²) in [5, 5.41) is 0.746. The van der Waals surface area contributed by atoms with Crippen molar-refractivity contribution in [3.05, 3.63) is 41.3 Å². The van der Waals surface area contributed by atoms with Gasteiger partial charge in [0.05, 0.1) is 18.6 Å². The van der Waals surface area contributed by atoms with Gasteiger partial charge in [-0.2, -0.15) is 0 Å². The highest BCUT2D eigenvalue weighted by Gasteiger charge is 2.03. The minimum absolute atomic E-state index is 0.333. The van der Waals surface area contributed by atoms with Gasteiger partial charge in [-0.3, -0.25) is 0 Å². The van der Waals surface area contributed by atoms with Crippen molar-refractivity contribution >= 4 is 17.9 Å². The summed E-state index contributed by atoms with van der Waals surface area (Å²) in [6, 6.07) is 5.75. The minimum atomic E-state index is 0.333. The number of aryl methyl sites for hydroxylation is 1. The fraction of sp³-hybridized carbons (Fsp3) is 0.167. The zero-order valence-electron chi connectivity index (χ0n) is 8.85. The van der Waals surface area contributed by atoms with E-state index in [0.717, 1.165) is 28.1 Å². The molecule has 0 saturated heterocycles. The van der Waals surface area contributed by atoms with E-state index in [-0.39, 0.29) is 0 Å². The van der Waals surface area contributed by atoms with Gasteiger partial charge in [0.25, 0.3) is 0 Å². The number of benzene rings is 1. The van der Waals surface area contributed by atoms with Gasteiger partial charge in [-0.15, -0.1) is 0 Å². The first kappa shape index (κ1) is 10.9. The molecule has 0 radical (unpaired) electrons. The van der Waals surface area contributed by atoms with Crippen LogP contribution in [-0.4, -0.2) is 15.8 Å². The lowest BCUT2D eigenvalue weighted by Gasteiger charge is -2.00. The van der Waals surface area contributed by atoms with Gasteiger partial charge in [-0.1, -0.05) is 17.7 Å². The van der Waals surface area contributed by atoms with Gasteiger partial charge in [-0.05, 0) is 24.6 Å². The number of halogens is 1. The summed E-state index contributed by atoms with van der Waals surface area (Å²) >= 11 is 5.95. The summed E-state index contributed by atoms with van der Waals surface area (Å²) in [7, 11) is 0. The summed E-state index contributed by atoms with van der Waals surface area (Å²) in [5.41, 5.74) is 2.87. The molecule has 1 aromatic carbocycles. The van der Waals surface area contributed by atoms with Crippen LogP contribution in [-0.2, 0) is 11.3 Å². The number of carbonyl (C=O) groups excluding carboxylic acids is 1. The van der Waals surface area contributed by atoms with E-state index in [2.05, 4.69) is 4.98 Å². The first-order valence-electron chi connectivity index (χ1n) is 4.92. The number of hydrogen-bond acceptors (Lipinski definition) is 2. The maximum absolute atomic E-state index is 10.4. The van der Waals surface area contributed by atoms with Crippen LogP contribution in [0.5, 0.6) is 0 Å². The molecule has 2 aromatic rings. The summed E-state index contributed by atoms with van der Waals surface area (Å²) in [5.74, 6) is 0. The molecule has 3 nitrogen and oxygen atoms in total. The van der Waals surface area contributed by atoms with Crippen molar-refractivity contribution in [1.29, 1.82) is 0 Å². The van der Waals surface area contributed by atoms with E-state index in [0.29, 0.717) is 6.54 Å². The molecule has 0 aliphatic rings. The standard InChI is InChI=1S/C12H11ClN2O/c1-9-6-10(2-3-11(9)13)12-7-15(4-5-16)8-14-12/h2-3,5-8H,4H2,1H3. The second-order valence-corrected chi connectivity index (χ2v) is 3.99. The topological polar surface area (TPSA) is 34.9 Å². The lowest BCUT2D eigenvalue weighted by molar-refractivity contribution is -0.108. The second kappa shape index (κ2) is 4.49. The van der Waals surface area contributed by atoms with Crippen molar-refractivity contribution in [1.82, 2.24) is 9.55 Å². The van der Waals surface area contributed by atoms with Crippen LogP contribution in [0.4, 0.5) is 0 Å². The molecule has 2 rings (SSSR count). The number of aldehydes is 1. The number of aromatic nitrogens is 2. The zero-order valence-corrected chi connectivity index (χ0v) is 9.61. The van der Waals surface area contributed by atoms with E-state index in [1.807, 2.05) is 31.3 Å². The third-order valence-electron chi connectivity index (χ3n) is 2.37. The number of carbonyl (C=O) groups is 1. The Morgan fingerprint density at radius 1 is 1.50 bits per heavy atom. The fourth-order valence-electron chi connectivity index (χ4n) is 1.50. The van der Waals surface area contributed by atoms with E-state index in [1.54, 1.807) is 10.9 Å². The van der Waals surface area contributed by atoms with Crippen LogP contribution in [0.15, 0.2) is 30.7 Å². The van der Waals surface area contributed by atoms with E-state index < -0.39 is 0 Å². The normalized spacial score (nSPS) is 10.4. The summed E-state index contributed by atoms with van der Waals surface area (Å²) in [6.07, 6.45) is 4.34. The van der Waals surface area contributed by atoms with Crippen LogP contribution in [0.25, 0.3) is 11.3 Å². The average molecular weight is 235 g/mol. The van der Waals surface area contributed by atoms with Crippen LogP contribution in [0.3, 0.4) is 0 Å². The molecule has 16 heavy (non-hydrogen) atoms. The Balaban J connectivity index is 2.34. The van der Waals surface area contributed by atoms with Gasteiger partial charge in [0.15, 0.2) is 0 Å². The molecule has 0 atom stereocenters. The third-order valence-corrected chi connectivity index (χ3v) is 2.80. The Morgan fingerprint density at radius 3 is 3.00 bits per heavy atom. The van der Waals surface area contributed by atoms with Crippen molar-refractivity contribution in [3.63, 3.8) is 0 Å². The Bertz CT molecular complexity index is 519. The lowest BCUT2D eigenvalue weighted by atomic mass is 10.1. The maximum atomic E-state index is 10.4. The van der Waals surface area contributed by atoms with Crippen molar-refractivity contribution in [3.8, 4) is 11.3 Å². The second-order valence-electron chi connectivity index (χ2n) is 3.59. The summed E-state index contributed by atoms with van der Waals surface area (Å²) in [4.78, 5) is 14.6. The smallest absolute Gasteiger partial charge is 0.139 e. The summed E-state index contributed by atoms with van der Waals surface area (Å²) in [6.45, 7) is 2.29. The monoisotopic (exact) mass is 234 g/mol. The van der Waals surface area contributed by atoms with Gasteiger partial charge in [-0.25, -0.2) is 4.98 Å². The molecule has 1 aromatic heterocycles.